The molecule has 0 aliphatic heterocycles. The molecule has 1 N–H and O–H groups in total. The highest BCUT2D eigenvalue weighted by Gasteiger charge is 2.21. The molecule has 6 nitrogen and oxygen atoms in total. The van der Waals surface area contributed by atoms with Gasteiger partial charge in [-0.05, 0) is 37.1 Å². The molecule has 3 aromatic rings. The Morgan fingerprint density at radius 2 is 1.79 bits per heavy atom. The first-order chi connectivity index (χ1) is 14.3. The number of anilines is 1. The molecule has 1 fully saturated rings. The molecule has 0 bridgehead atoms. The number of hydrogen-bond acceptors (Lipinski definition) is 6. The van der Waals surface area contributed by atoms with Gasteiger partial charge in [-0.25, -0.2) is 0 Å². The van der Waals surface area contributed by atoms with Crippen LogP contribution in [0.5, 0.6) is 11.5 Å². The molecule has 29 heavy (non-hydrogen) atoms. The summed E-state index contributed by atoms with van der Waals surface area (Å²) in [4.78, 5) is 12.4. The van der Waals surface area contributed by atoms with Crippen molar-refractivity contribution >= 4 is 23.4 Å². The fourth-order valence-electron chi connectivity index (χ4n) is 3.38. The van der Waals surface area contributed by atoms with Crippen LogP contribution in [0.25, 0.3) is 0 Å². The Morgan fingerprint density at radius 1 is 1.03 bits per heavy atom. The standard InChI is InChI=1S/C22H23N3O3S/c26-20(15-29-22-25-24-21(28-22)16-9-3-1-4-10-16)23-18-13-7-8-14-19(18)27-17-11-5-2-6-12-17/h2,5-8,11-14,16H,1,3-4,9-10,15H2,(H,23,26). The van der Waals surface area contributed by atoms with Gasteiger partial charge >= 0.3 is 0 Å². The van der Waals surface area contributed by atoms with E-state index >= 15 is 0 Å². The minimum absolute atomic E-state index is 0.156. The van der Waals surface area contributed by atoms with Gasteiger partial charge in [-0.15, -0.1) is 10.2 Å². The van der Waals surface area contributed by atoms with Crippen LogP contribution in [-0.2, 0) is 4.79 Å². The minimum atomic E-state index is -0.156. The fourth-order valence-corrected chi connectivity index (χ4v) is 3.95. The lowest BCUT2D eigenvalue weighted by Gasteiger charge is -2.17. The second-order valence-electron chi connectivity index (χ2n) is 6.99. The third-order valence-corrected chi connectivity index (χ3v) is 5.65. The molecule has 1 aromatic heterocycles. The Balaban J connectivity index is 1.33. The number of amides is 1. The van der Waals surface area contributed by atoms with Crippen molar-refractivity contribution in [2.45, 2.75) is 43.2 Å². The summed E-state index contributed by atoms with van der Waals surface area (Å²) in [5.74, 6) is 2.40. The summed E-state index contributed by atoms with van der Waals surface area (Å²) in [6.45, 7) is 0. The van der Waals surface area contributed by atoms with E-state index in [0.29, 0.717) is 34.2 Å². The van der Waals surface area contributed by atoms with Crippen molar-refractivity contribution in [3.63, 3.8) is 0 Å². The Kier molecular flexibility index (Phi) is 6.46. The van der Waals surface area contributed by atoms with Gasteiger partial charge in [0.25, 0.3) is 5.22 Å². The van der Waals surface area contributed by atoms with Crippen LogP contribution in [0.2, 0.25) is 0 Å². The molecule has 4 rings (SSSR count). The lowest BCUT2D eigenvalue weighted by molar-refractivity contribution is -0.113. The van der Waals surface area contributed by atoms with E-state index in [1.807, 2.05) is 54.6 Å². The summed E-state index contributed by atoms with van der Waals surface area (Å²) in [6, 6.07) is 16.8. The maximum absolute atomic E-state index is 12.4. The highest BCUT2D eigenvalue weighted by Crippen LogP contribution is 2.33. The lowest BCUT2D eigenvalue weighted by Crippen LogP contribution is -2.14. The number of rotatable bonds is 7. The number of carbonyl (C=O) groups excluding carboxylic acids is 1. The smallest absolute Gasteiger partial charge is 0.277 e. The van der Waals surface area contributed by atoms with Crippen LogP contribution in [0.1, 0.15) is 43.9 Å². The van der Waals surface area contributed by atoms with Gasteiger partial charge in [0.1, 0.15) is 5.75 Å². The summed E-state index contributed by atoms with van der Waals surface area (Å²) in [6.07, 6.45) is 5.91. The van der Waals surface area contributed by atoms with Crippen molar-refractivity contribution in [2.75, 3.05) is 11.1 Å². The minimum Gasteiger partial charge on any atom is -0.455 e. The highest BCUT2D eigenvalue weighted by molar-refractivity contribution is 7.99. The zero-order chi connectivity index (χ0) is 19.9. The quantitative estimate of drug-likeness (QED) is 0.509. The molecule has 0 radical (unpaired) electrons. The fraction of sp³-hybridized carbons (Fsp3) is 0.318. The van der Waals surface area contributed by atoms with Crippen LogP contribution in [0, 0.1) is 0 Å². The number of para-hydroxylation sites is 3. The Bertz CT molecular complexity index is 939. The summed E-state index contributed by atoms with van der Waals surface area (Å²) in [5, 5.41) is 11.6. The first kappa shape index (κ1) is 19.5. The van der Waals surface area contributed by atoms with Gasteiger partial charge in [-0.2, -0.15) is 0 Å². The molecule has 1 heterocycles. The maximum atomic E-state index is 12.4. The molecule has 0 atom stereocenters. The van der Waals surface area contributed by atoms with Gasteiger partial charge in [0.15, 0.2) is 5.75 Å². The number of thioether (sulfide) groups is 1. The zero-order valence-electron chi connectivity index (χ0n) is 16.0. The molecule has 1 amide bonds. The lowest BCUT2D eigenvalue weighted by atomic mass is 9.89. The number of carbonyl (C=O) groups is 1. The summed E-state index contributed by atoms with van der Waals surface area (Å²) in [7, 11) is 0. The molecule has 0 saturated heterocycles. The number of hydrogen-bond donors (Lipinski definition) is 1. The van der Waals surface area contributed by atoms with Crippen LogP contribution in [0.4, 0.5) is 5.69 Å². The first-order valence-corrected chi connectivity index (χ1v) is 10.8. The number of benzene rings is 2. The van der Waals surface area contributed by atoms with Gasteiger partial charge < -0.3 is 14.5 Å². The van der Waals surface area contributed by atoms with Crippen molar-refractivity contribution in [3.8, 4) is 11.5 Å². The Hall–Kier alpha value is -2.80. The second kappa shape index (κ2) is 9.60. The molecule has 150 valence electrons. The number of ether oxygens (including phenoxy) is 1. The number of nitrogens with zero attached hydrogens (tertiary/aromatic N) is 2. The zero-order valence-corrected chi connectivity index (χ0v) is 16.9. The van der Waals surface area contributed by atoms with E-state index in [4.69, 9.17) is 9.15 Å². The van der Waals surface area contributed by atoms with Crippen LogP contribution in [0.15, 0.2) is 64.2 Å². The van der Waals surface area contributed by atoms with E-state index in [9.17, 15) is 4.79 Å². The summed E-state index contributed by atoms with van der Waals surface area (Å²) < 4.78 is 11.6. The average molecular weight is 410 g/mol. The molecule has 0 unspecified atom stereocenters. The normalized spacial score (nSPS) is 14.5. The van der Waals surface area contributed by atoms with Crippen LogP contribution in [-0.4, -0.2) is 21.9 Å². The average Bonchev–Trinajstić information content (AvgIpc) is 3.24. The first-order valence-electron chi connectivity index (χ1n) is 9.86. The SMILES string of the molecule is O=C(CSc1nnc(C2CCCCC2)o1)Nc1ccccc1Oc1ccccc1. The van der Waals surface area contributed by atoms with Gasteiger partial charge in [0, 0.05) is 5.92 Å². The number of nitrogens with one attached hydrogen (secondary N) is 1. The Labute approximate surface area is 174 Å². The molecular weight excluding hydrogens is 386 g/mol. The maximum Gasteiger partial charge on any atom is 0.277 e. The molecule has 2 aromatic carbocycles. The van der Waals surface area contributed by atoms with Crippen molar-refractivity contribution in [3.05, 3.63) is 60.5 Å². The topological polar surface area (TPSA) is 77.2 Å². The monoisotopic (exact) mass is 409 g/mol. The van der Waals surface area contributed by atoms with Crippen molar-refractivity contribution < 1.29 is 13.9 Å². The van der Waals surface area contributed by atoms with Crippen LogP contribution >= 0.6 is 11.8 Å². The molecular formula is C22H23N3O3S. The van der Waals surface area contributed by atoms with Crippen LogP contribution in [0.3, 0.4) is 0 Å². The van der Waals surface area contributed by atoms with Crippen molar-refractivity contribution in [2.24, 2.45) is 0 Å². The second-order valence-corrected chi connectivity index (χ2v) is 7.92. The van der Waals surface area contributed by atoms with Gasteiger partial charge in [0.2, 0.25) is 11.8 Å². The number of aromatic nitrogens is 2. The highest BCUT2D eigenvalue weighted by atomic mass is 32.2. The predicted octanol–water partition coefficient (Wildman–Crippen LogP) is 5.64. The van der Waals surface area contributed by atoms with E-state index in [1.54, 1.807) is 0 Å². The molecule has 7 heteroatoms. The molecule has 1 aliphatic carbocycles. The Morgan fingerprint density at radius 3 is 2.62 bits per heavy atom. The van der Waals surface area contributed by atoms with Crippen LogP contribution < -0.4 is 10.1 Å². The third-order valence-electron chi connectivity index (χ3n) is 4.84. The van der Waals surface area contributed by atoms with Gasteiger partial charge in [0.05, 0.1) is 11.4 Å². The van der Waals surface area contributed by atoms with E-state index in [-0.39, 0.29) is 11.7 Å². The van der Waals surface area contributed by atoms with E-state index < -0.39 is 0 Å². The van der Waals surface area contributed by atoms with E-state index in [2.05, 4.69) is 15.5 Å². The molecule has 0 spiro atoms. The summed E-state index contributed by atoms with van der Waals surface area (Å²) >= 11 is 1.25. The van der Waals surface area contributed by atoms with E-state index in [1.165, 1.54) is 31.0 Å². The van der Waals surface area contributed by atoms with Crippen molar-refractivity contribution in [1.29, 1.82) is 0 Å². The van der Waals surface area contributed by atoms with Gasteiger partial charge in [-0.3, -0.25) is 4.79 Å². The van der Waals surface area contributed by atoms with Crippen molar-refractivity contribution in [1.82, 2.24) is 10.2 Å². The van der Waals surface area contributed by atoms with E-state index in [0.717, 1.165) is 12.8 Å². The molecule has 1 saturated carbocycles. The van der Waals surface area contributed by atoms with Gasteiger partial charge in [-0.1, -0.05) is 61.4 Å². The third kappa shape index (κ3) is 5.38. The predicted molar refractivity (Wildman–Crippen MR) is 112 cm³/mol. The summed E-state index contributed by atoms with van der Waals surface area (Å²) in [5.41, 5.74) is 0.621. The largest absolute Gasteiger partial charge is 0.455 e. The molecule has 1 aliphatic rings.